The van der Waals surface area contributed by atoms with E-state index < -0.39 is 16.1 Å². The van der Waals surface area contributed by atoms with Gasteiger partial charge in [0.2, 0.25) is 12.7 Å². The Morgan fingerprint density at radius 1 is 1.11 bits per heavy atom. The van der Waals surface area contributed by atoms with Crippen LogP contribution < -0.4 is 14.8 Å². The number of benzene rings is 2. The smallest absolute Gasteiger partial charge is 0.285 e. The van der Waals surface area contributed by atoms with Gasteiger partial charge in [-0.05, 0) is 55.5 Å². The summed E-state index contributed by atoms with van der Waals surface area (Å²) in [7, 11) is -3.74. The monoisotopic (exact) mass is 497 g/mol. The summed E-state index contributed by atoms with van der Waals surface area (Å²) >= 11 is 0. The van der Waals surface area contributed by atoms with Crippen molar-refractivity contribution < 1.29 is 27.4 Å². The third-order valence-corrected chi connectivity index (χ3v) is 8.80. The molecule has 0 bridgehead atoms. The number of fused-ring (bicyclic) bond motifs is 2. The van der Waals surface area contributed by atoms with Gasteiger partial charge in [-0.1, -0.05) is 18.2 Å². The second-order valence-electron chi connectivity index (χ2n) is 9.42. The summed E-state index contributed by atoms with van der Waals surface area (Å²) in [5.41, 5.74) is 1.38. The standard InChI is InChI=1S/C25H27N3O6S/c29-24(19-5-3-11-28(19)23-18-4-1-2-6-22(18)35(30,31)27-23)26-15-25(9-12-32-13-10-25)17-7-8-20-21(14-17)34-16-33-20/h1-2,4,6-8,14,19H,3,5,9-13,15-16H2,(H,26,29)/t19-/m0/s1. The molecule has 4 aliphatic rings. The Hall–Kier alpha value is -3.11. The first-order valence-corrected chi connectivity index (χ1v) is 13.4. The number of nitrogens with one attached hydrogen (secondary N) is 1. The number of likely N-dealkylation sites (tertiary alicyclic amines) is 1. The quantitative estimate of drug-likeness (QED) is 0.690. The summed E-state index contributed by atoms with van der Waals surface area (Å²) < 4.78 is 45.9. The molecular weight excluding hydrogens is 470 g/mol. The van der Waals surface area contributed by atoms with E-state index in [1.165, 1.54) is 0 Å². The van der Waals surface area contributed by atoms with E-state index in [4.69, 9.17) is 14.2 Å². The van der Waals surface area contributed by atoms with E-state index in [2.05, 4.69) is 9.71 Å². The third-order valence-electron chi connectivity index (χ3n) is 7.48. The van der Waals surface area contributed by atoms with Gasteiger partial charge < -0.3 is 24.4 Å². The minimum Gasteiger partial charge on any atom is -0.454 e. The number of ether oxygens (including phenoxy) is 3. The molecule has 0 saturated carbocycles. The second kappa shape index (κ2) is 8.53. The van der Waals surface area contributed by atoms with Crippen molar-refractivity contribution in [2.24, 2.45) is 4.40 Å². The van der Waals surface area contributed by atoms with E-state index in [0.717, 1.165) is 36.3 Å². The molecule has 184 valence electrons. The van der Waals surface area contributed by atoms with E-state index in [0.29, 0.717) is 44.1 Å². The van der Waals surface area contributed by atoms with Crippen LogP contribution in [-0.4, -0.2) is 64.2 Å². The van der Waals surface area contributed by atoms with Crippen LogP contribution in [0.2, 0.25) is 0 Å². The highest BCUT2D eigenvalue weighted by molar-refractivity contribution is 7.90. The summed E-state index contributed by atoms with van der Waals surface area (Å²) in [4.78, 5) is 15.5. The molecule has 2 aromatic carbocycles. The van der Waals surface area contributed by atoms with Crippen LogP contribution in [0.3, 0.4) is 0 Å². The molecule has 6 rings (SSSR count). The number of carbonyl (C=O) groups is 1. The summed E-state index contributed by atoms with van der Waals surface area (Å²) in [6.45, 7) is 2.49. The van der Waals surface area contributed by atoms with E-state index in [-0.39, 0.29) is 23.0 Å². The zero-order chi connectivity index (χ0) is 24.0. The van der Waals surface area contributed by atoms with Crippen LogP contribution >= 0.6 is 0 Å². The number of rotatable bonds is 4. The van der Waals surface area contributed by atoms with Gasteiger partial charge in [0, 0.05) is 37.3 Å². The molecule has 1 amide bonds. The molecular formula is C25H27N3O6S. The molecule has 9 nitrogen and oxygen atoms in total. The molecule has 1 atom stereocenters. The van der Waals surface area contributed by atoms with Crippen molar-refractivity contribution in [3.05, 3.63) is 53.6 Å². The molecule has 0 aromatic heterocycles. The average molecular weight is 498 g/mol. The van der Waals surface area contributed by atoms with Crippen molar-refractivity contribution in [3.8, 4) is 11.5 Å². The van der Waals surface area contributed by atoms with Crippen molar-refractivity contribution in [2.45, 2.75) is 42.0 Å². The zero-order valence-electron chi connectivity index (χ0n) is 19.2. The van der Waals surface area contributed by atoms with Crippen molar-refractivity contribution in [3.63, 3.8) is 0 Å². The first-order chi connectivity index (χ1) is 17.0. The Kier molecular flexibility index (Phi) is 5.45. The number of hydrogen-bond acceptors (Lipinski definition) is 7. The van der Waals surface area contributed by atoms with Crippen LogP contribution in [0.25, 0.3) is 0 Å². The molecule has 2 fully saturated rings. The zero-order valence-corrected chi connectivity index (χ0v) is 20.1. The lowest BCUT2D eigenvalue weighted by atomic mass is 9.74. The predicted molar refractivity (Wildman–Crippen MR) is 127 cm³/mol. The second-order valence-corrected chi connectivity index (χ2v) is 11.0. The van der Waals surface area contributed by atoms with E-state index in [9.17, 15) is 13.2 Å². The number of hydrogen-bond donors (Lipinski definition) is 1. The summed E-state index contributed by atoms with van der Waals surface area (Å²) in [6, 6.07) is 12.3. The van der Waals surface area contributed by atoms with Crippen LogP contribution in [0.15, 0.2) is 51.8 Å². The lowest BCUT2D eigenvalue weighted by Gasteiger charge is -2.38. The van der Waals surface area contributed by atoms with Crippen molar-refractivity contribution in [1.29, 1.82) is 0 Å². The fourth-order valence-electron chi connectivity index (χ4n) is 5.52. The van der Waals surface area contributed by atoms with Gasteiger partial charge in [0.25, 0.3) is 10.0 Å². The maximum absolute atomic E-state index is 13.5. The highest BCUT2D eigenvalue weighted by Gasteiger charge is 2.41. The van der Waals surface area contributed by atoms with Crippen LogP contribution in [0.5, 0.6) is 11.5 Å². The van der Waals surface area contributed by atoms with Gasteiger partial charge in [-0.25, -0.2) is 0 Å². The maximum atomic E-state index is 13.5. The van der Waals surface area contributed by atoms with Gasteiger partial charge in [-0.2, -0.15) is 8.42 Å². The largest absolute Gasteiger partial charge is 0.454 e. The fourth-order valence-corrected chi connectivity index (χ4v) is 6.74. The maximum Gasteiger partial charge on any atom is 0.285 e. The Morgan fingerprint density at radius 2 is 1.91 bits per heavy atom. The van der Waals surface area contributed by atoms with E-state index in [1.807, 2.05) is 23.1 Å². The highest BCUT2D eigenvalue weighted by atomic mass is 32.2. The van der Waals surface area contributed by atoms with Gasteiger partial charge >= 0.3 is 0 Å². The van der Waals surface area contributed by atoms with Crippen molar-refractivity contribution in [2.75, 3.05) is 33.1 Å². The van der Waals surface area contributed by atoms with Gasteiger partial charge in [-0.3, -0.25) is 4.79 Å². The van der Waals surface area contributed by atoms with Crippen LogP contribution in [-0.2, 0) is 25.0 Å². The SMILES string of the molecule is O=C(NCC1(c2ccc3c(c2)OCO3)CCOCC1)[C@@H]1CCCN1C1=NS(=O)(=O)c2ccccc21. The number of amides is 1. The van der Waals surface area contributed by atoms with E-state index >= 15 is 0 Å². The van der Waals surface area contributed by atoms with Crippen molar-refractivity contribution in [1.82, 2.24) is 10.2 Å². The molecule has 35 heavy (non-hydrogen) atoms. The van der Waals surface area contributed by atoms with E-state index in [1.54, 1.807) is 24.3 Å². The molecule has 1 N–H and O–H groups in total. The topological polar surface area (TPSA) is 107 Å². The number of carbonyl (C=O) groups excluding carboxylic acids is 1. The van der Waals surface area contributed by atoms with Gasteiger partial charge in [0.1, 0.15) is 10.9 Å². The lowest BCUT2D eigenvalue weighted by Crippen LogP contribution is -2.50. The molecule has 4 aliphatic heterocycles. The van der Waals surface area contributed by atoms with Gasteiger partial charge in [-0.15, -0.1) is 4.40 Å². The first-order valence-electron chi connectivity index (χ1n) is 11.9. The summed E-state index contributed by atoms with van der Waals surface area (Å²) in [5.74, 6) is 1.71. The molecule has 2 aromatic rings. The van der Waals surface area contributed by atoms with Gasteiger partial charge in [0.05, 0.1) is 0 Å². The summed E-state index contributed by atoms with van der Waals surface area (Å²) in [6.07, 6.45) is 2.99. The molecule has 4 heterocycles. The van der Waals surface area contributed by atoms with Crippen molar-refractivity contribution >= 4 is 21.8 Å². The summed E-state index contributed by atoms with van der Waals surface area (Å²) in [5, 5.41) is 3.19. The third kappa shape index (κ3) is 3.84. The molecule has 0 radical (unpaired) electrons. The molecule has 2 saturated heterocycles. The Morgan fingerprint density at radius 3 is 2.77 bits per heavy atom. The highest BCUT2D eigenvalue weighted by Crippen LogP contribution is 2.41. The molecule has 0 aliphatic carbocycles. The molecule has 0 spiro atoms. The Bertz CT molecular complexity index is 1300. The normalized spacial score (nSPS) is 23.6. The molecule has 0 unspecified atom stereocenters. The average Bonchev–Trinajstić information content (AvgIpc) is 3.61. The number of amidine groups is 1. The Labute approximate surface area is 204 Å². The Balaban J connectivity index is 1.23. The lowest BCUT2D eigenvalue weighted by molar-refractivity contribution is -0.124. The number of sulfonamides is 1. The predicted octanol–water partition coefficient (Wildman–Crippen LogP) is 2.19. The number of nitrogens with zero attached hydrogens (tertiary/aromatic N) is 2. The van der Waals surface area contributed by atoms with Crippen LogP contribution in [0, 0.1) is 0 Å². The minimum atomic E-state index is -3.74. The van der Waals surface area contributed by atoms with Crippen LogP contribution in [0.4, 0.5) is 0 Å². The van der Waals surface area contributed by atoms with Gasteiger partial charge in [0.15, 0.2) is 17.3 Å². The fraction of sp³-hybridized carbons (Fsp3) is 0.440. The first kappa shape index (κ1) is 22.4. The molecule has 10 heteroatoms. The minimum absolute atomic E-state index is 0.112. The van der Waals surface area contributed by atoms with Crippen LogP contribution in [0.1, 0.15) is 36.8 Å².